The van der Waals surface area contributed by atoms with Crippen LogP contribution in [0.15, 0.2) is 18.2 Å². The van der Waals surface area contributed by atoms with Crippen LogP contribution in [0.2, 0.25) is 10.0 Å². The van der Waals surface area contributed by atoms with Crippen molar-refractivity contribution in [2.24, 2.45) is 0 Å². The molecule has 1 rings (SSSR count). The van der Waals surface area contributed by atoms with E-state index in [9.17, 15) is 0 Å². The Kier molecular flexibility index (Phi) is 6.71. The third-order valence-electron chi connectivity index (χ3n) is 2.80. The fraction of sp³-hybridized carbons (Fsp3) is 0.538. The van der Waals surface area contributed by atoms with Crippen LogP contribution in [-0.4, -0.2) is 18.1 Å². The SMILES string of the molecule is CCC(NCC(C)SC)c1ccc(Cl)cc1Cl. The van der Waals surface area contributed by atoms with E-state index in [1.807, 2.05) is 23.9 Å². The first kappa shape index (κ1) is 15.2. The van der Waals surface area contributed by atoms with Crippen molar-refractivity contribution in [1.29, 1.82) is 0 Å². The van der Waals surface area contributed by atoms with Crippen molar-refractivity contribution in [3.63, 3.8) is 0 Å². The molecule has 0 aliphatic heterocycles. The van der Waals surface area contributed by atoms with Crippen molar-refractivity contribution in [3.8, 4) is 0 Å². The normalized spacial score (nSPS) is 14.6. The van der Waals surface area contributed by atoms with Gasteiger partial charge < -0.3 is 5.32 Å². The van der Waals surface area contributed by atoms with E-state index in [0.717, 1.165) is 23.6 Å². The molecule has 1 aromatic carbocycles. The van der Waals surface area contributed by atoms with Crippen molar-refractivity contribution in [1.82, 2.24) is 5.32 Å². The van der Waals surface area contributed by atoms with Gasteiger partial charge >= 0.3 is 0 Å². The molecule has 0 aromatic heterocycles. The molecule has 0 saturated heterocycles. The van der Waals surface area contributed by atoms with Crippen LogP contribution in [0, 0.1) is 0 Å². The van der Waals surface area contributed by atoms with Crippen LogP contribution >= 0.6 is 35.0 Å². The molecule has 2 atom stereocenters. The molecule has 96 valence electrons. The molecule has 0 spiro atoms. The second-order valence-corrected chi connectivity index (χ2v) is 6.20. The maximum atomic E-state index is 6.22. The highest BCUT2D eigenvalue weighted by Crippen LogP contribution is 2.28. The fourth-order valence-corrected chi connectivity index (χ4v) is 2.45. The summed E-state index contributed by atoms with van der Waals surface area (Å²) in [6.45, 7) is 5.36. The summed E-state index contributed by atoms with van der Waals surface area (Å²) in [4.78, 5) is 0. The van der Waals surface area contributed by atoms with Gasteiger partial charge in [-0.05, 0) is 30.4 Å². The number of hydrogen-bond donors (Lipinski definition) is 1. The van der Waals surface area contributed by atoms with Crippen LogP contribution in [0.3, 0.4) is 0 Å². The molecule has 0 fully saturated rings. The van der Waals surface area contributed by atoms with Gasteiger partial charge in [0.1, 0.15) is 0 Å². The highest BCUT2D eigenvalue weighted by molar-refractivity contribution is 7.99. The van der Waals surface area contributed by atoms with Crippen LogP contribution in [-0.2, 0) is 0 Å². The van der Waals surface area contributed by atoms with Gasteiger partial charge in [-0.15, -0.1) is 0 Å². The first-order valence-electron chi connectivity index (χ1n) is 5.79. The zero-order chi connectivity index (χ0) is 12.8. The molecular formula is C13H19Cl2NS. The quantitative estimate of drug-likeness (QED) is 0.809. The Morgan fingerprint density at radius 2 is 2.06 bits per heavy atom. The highest BCUT2D eigenvalue weighted by Gasteiger charge is 2.13. The molecule has 17 heavy (non-hydrogen) atoms. The van der Waals surface area contributed by atoms with Crippen LogP contribution in [0.1, 0.15) is 31.9 Å². The van der Waals surface area contributed by atoms with E-state index in [4.69, 9.17) is 23.2 Å². The topological polar surface area (TPSA) is 12.0 Å². The largest absolute Gasteiger partial charge is 0.309 e. The van der Waals surface area contributed by atoms with Gasteiger partial charge in [-0.3, -0.25) is 0 Å². The molecule has 0 aliphatic rings. The molecule has 1 N–H and O–H groups in total. The molecule has 0 saturated carbocycles. The monoisotopic (exact) mass is 291 g/mol. The fourth-order valence-electron chi connectivity index (χ4n) is 1.65. The van der Waals surface area contributed by atoms with E-state index in [2.05, 4.69) is 25.4 Å². The summed E-state index contributed by atoms with van der Waals surface area (Å²) in [5.41, 5.74) is 1.13. The Labute approximate surface area is 118 Å². The van der Waals surface area contributed by atoms with Crippen molar-refractivity contribution in [2.45, 2.75) is 31.6 Å². The average molecular weight is 292 g/mol. The third-order valence-corrected chi connectivity index (χ3v) is 4.33. The number of nitrogens with one attached hydrogen (secondary N) is 1. The summed E-state index contributed by atoms with van der Waals surface area (Å²) in [6, 6.07) is 6.01. The molecule has 0 aliphatic carbocycles. The third kappa shape index (κ3) is 4.70. The lowest BCUT2D eigenvalue weighted by Crippen LogP contribution is -2.27. The van der Waals surface area contributed by atoms with Gasteiger partial charge in [-0.2, -0.15) is 11.8 Å². The number of rotatable bonds is 6. The molecule has 4 heteroatoms. The minimum atomic E-state index is 0.300. The lowest BCUT2D eigenvalue weighted by Gasteiger charge is -2.20. The Hall–Kier alpha value is 0.110. The molecule has 0 bridgehead atoms. The Morgan fingerprint density at radius 3 is 2.59 bits per heavy atom. The highest BCUT2D eigenvalue weighted by atomic mass is 35.5. The lowest BCUT2D eigenvalue weighted by atomic mass is 10.0. The van der Waals surface area contributed by atoms with Crippen LogP contribution in [0.25, 0.3) is 0 Å². The summed E-state index contributed by atoms with van der Waals surface area (Å²) in [6.07, 6.45) is 3.14. The van der Waals surface area contributed by atoms with Gasteiger partial charge in [-0.1, -0.05) is 43.1 Å². The van der Waals surface area contributed by atoms with E-state index in [0.29, 0.717) is 16.3 Å². The number of benzene rings is 1. The predicted octanol–water partition coefficient (Wildman–Crippen LogP) is 4.79. The summed E-state index contributed by atoms with van der Waals surface area (Å²) in [5, 5.41) is 5.59. The maximum Gasteiger partial charge on any atom is 0.0468 e. The van der Waals surface area contributed by atoms with Crippen molar-refractivity contribution >= 4 is 35.0 Å². The molecule has 0 radical (unpaired) electrons. The van der Waals surface area contributed by atoms with E-state index in [1.54, 1.807) is 6.07 Å². The number of hydrogen-bond acceptors (Lipinski definition) is 2. The Morgan fingerprint density at radius 1 is 1.35 bits per heavy atom. The second-order valence-electron chi connectivity index (χ2n) is 4.08. The minimum absolute atomic E-state index is 0.300. The zero-order valence-electron chi connectivity index (χ0n) is 10.5. The molecule has 2 unspecified atom stereocenters. The molecule has 1 nitrogen and oxygen atoms in total. The molecule has 0 amide bonds. The van der Waals surface area contributed by atoms with E-state index < -0.39 is 0 Å². The molecular weight excluding hydrogens is 273 g/mol. The standard InChI is InChI=1S/C13H19Cl2NS/c1-4-13(16-8-9(2)17-3)11-6-5-10(14)7-12(11)15/h5-7,9,13,16H,4,8H2,1-3H3. The Bertz CT molecular complexity index is 357. The smallest absolute Gasteiger partial charge is 0.0468 e. The molecule has 0 heterocycles. The number of halogens is 2. The molecule has 1 aromatic rings. The Balaban J connectivity index is 2.72. The summed E-state index contributed by atoms with van der Waals surface area (Å²) < 4.78 is 0. The van der Waals surface area contributed by atoms with Crippen molar-refractivity contribution in [2.75, 3.05) is 12.8 Å². The second kappa shape index (κ2) is 7.52. The van der Waals surface area contributed by atoms with Gasteiger partial charge in [0.25, 0.3) is 0 Å². The van der Waals surface area contributed by atoms with E-state index in [-0.39, 0.29) is 0 Å². The first-order valence-corrected chi connectivity index (χ1v) is 7.84. The van der Waals surface area contributed by atoms with Gasteiger partial charge in [-0.25, -0.2) is 0 Å². The van der Waals surface area contributed by atoms with Crippen LogP contribution in [0.5, 0.6) is 0 Å². The first-order chi connectivity index (χ1) is 8.08. The maximum absolute atomic E-state index is 6.22. The van der Waals surface area contributed by atoms with E-state index >= 15 is 0 Å². The number of thioether (sulfide) groups is 1. The summed E-state index contributed by atoms with van der Waals surface area (Å²) >= 11 is 14.0. The van der Waals surface area contributed by atoms with Gasteiger partial charge in [0.15, 0.2) is 0 Å². The summed E-state index contributed by atoms with van der Waals surface area (Å²) in [7, 11) is 0. The zero-order valence-corrected chi connectivity index (χ0v) is 12.8. The average Bonchev–Trinajstić information content (AvgIpc) is 2.31. The lowest BCUT2D eigenvalue weighted by molar-refractivity contribution is 0.522. The van der Waals surface area contributed by atoms with Crippen LogP contribution in [0.4, 0.5) is 0 Å². The summed E-state index contributed by atoms with van der Waals surface area (Å²) in [5.74, 6) is 0. The van der Waals surface area contributed by atoms with Gasteiger partial charge in [0.2, 0.25) is 0 Å². The van der Waals surface area contributed by atoms with Gasteiger partial charge in [0, 0.05) is 27.9 Å². The van der Waals surface area contributed by atoms with E-state index in [1.165, 1.54) is 0 Å². The predicted molar refractivity (Wildman–Crippen MR) is 80.5 cm³/mol. The van der Waals surface area contributed by atoms with Crippen LogP contribution < -0.4 is 5.32 Å². The minimum Gasteiger partial charge on any atom is -0.309 e. The van der Waals surface area contributed by atoms with Crippen molar-refractivity contribution < 1.29 is 0 Å². The van der Waals surface area contributed by atoms with Crippen molar-refractivity contribution in [3.05, 3.63) is 33.8 Å². The van der Waals surface area contributed by atoms with Gasteiger partial charge in [0.05, 0.1) is 0 Å².